The Kier molecular flexibility index (Phi) is 7.03. The molecule has 1 aromatic carbocycles. The van der Waals surface area contributed by atoms with E-state index in [0.717, 1.165) is 12.2 Å². The summed E-state index contributed by atoms with van der Waals surface area (Å²) in [5, 5.41) is 0. The monoisotopic (exact) mass is 426 g/mol. The largest absolute Gasteiger partial charge is 0.444 e. The van der Waals surface area contributed by atoms with Crippen LogP contribution in [0.4, 0.5) is 4.79 Å². The third-order valence-corrected chi connectivity index (χ3v) is 5.69. The molecule has 0 bridgehead atoms. The van der Waals surface area contributed by atoms with Crippen molar-refractivity contribution in [3.05, 3.63) is 54.1 Å². The highest BCUT2D eigenvalue weighted by atomic mass is 16.6. The van der Waals surface area contributed by atoms with Crippen LogP contribution < -0.4 is 0 Å². The van der Waals surface area contributed by atoms with E-state index in [1.807, 2.05) is 61.7 Å². The van der Waals surface area contributed by atoms with Gasteiger partial charge >= 0.3 is 6.09 Å². The number of nitrogens with zero attached hydrogens (tertiary/aromatic N) is 4. The lowest BCUT2D eigenvalue weighted by Gasteiger charge is -2.41. The zero-order chi connectivity index (χ0) is 22.6. The van der Waals surface area contributed by atoms with Gasteiger partial charge in [-0.3, -0.25) is 4.79 Å². The summed E-state index contributed by atoms with van der Waals surface area (Å²) >= 11 is 0. The standard InChI is InChI=1S/C24H34N4O3/c1-6-18(19-10-8-7-9-11-19)16-21(29)28-15-14-27(23(30)31-24(2,3)4)17-20(28)22-25-12-13-26(22)5/h7-13,18,20H,6,14-17H2,1-5H3/t18-,20+/m1/s1. The highest BCUT2D eigenvalue weighted by molar-refractivity contribution is 5.78. The number of benzene rings is 1. The minimum Gasteiger partial charge on any atom is -0.444 e. The van der Waals surface area contributed by atoms with Crippen LogP contribution in [-0.2, 0) is 16.6 Å². The first-order chi connectivity index (χ1) is 14.7. The SMILES string of the molecule is CC[C@H](CC(=O)N1CCN(C(=O)OC(C)(C)C)C[C@H]1c1nccn1C)c1ccccc1. The van der Waals surface area contributed by atoms with Crippen molar-refractivity contribution >= 4 is 12.0 Å². The summed E-state index contributed by atoms with van der Waals surface area (Å²) in [6.07, 6.45) is 4.57. The second-order valence-electron chi connectivity index (χ2n) is 9.15. The summed E-state index contributed by atoms with van der Waals surface area (Å²) in [5.74, 6) is 1.03. The molecule has 2 amide bonds. The van der Waals surface area contributed by atoms with Crippen molar-refractivity contribution in [2.75, 3.05) is 19.6 Å². The van der Waals surface area contributed by atoms with Gasteiger partial charge in [0.1, 0.15) is 17.5 Å². The number of carbonyl (C=O) groups excluding carboxylic acids is 2. The molecule has 2 heterocycles. The second kappa shape index (κ2) is 9.54. The summed E-state index contributed by atoms with van der Waals surface area (Å²) < 4.78 is 7.48. The zero-order valence-electron chi connectivity index (χ0n) is 19.2. The molecule has 0 unspecified atom stereocenters. The smallest absolute Gasteiger partial charge is 0.410 e. The van der Waals surface area contributed by atoms with Crippen molar-refractivity contribution in [3.63, 3.8) is 0 Å². The minimum absolute atomic E-state index is 0.0903. The van der Waals surface area contributed by atoms with Crippen molar-refractivity contribution in [2.45, 2.75) is 58.1 Å². The minimum atomic E-state index is -0.563. The van der Waals surface area contributed by atoms with E-state index in [4.69, 9.17) is 4.74 Å². The Morgan fingerprint density at radius 2 is 1.90 bits per heavy atom. The fraction of sp³-hybridized carbons (Fsp3) is 0.542. The molecule has 31 heavy (non-hydrogen) atoms. The fourth-order valence-electron chi connectivity index (χ4n) is 4.04. The summed E-state index contributed by atoms with van der Waals surface area (Å²) in [7, 11) is 1.91. The predicted molar refractivity (Wildman–Crippen MR) is 120 cm³/mol. The molecule has 168 valence electrons. The molecular formula is C24H34N4O3. The van der Waals surface area contributed by atoms with Crippen LogP contribution in [0.3, 0.4) is 0 Å². The Hall–Kier alpha value is -2.83. The molecule has 3 rings (SSSR count). The van der Waals surface area contributed by atoms with Gasteiger partial charge < -0.3 is 19.1 Å². The van der Waals surface area contributed by atoms with Crippen LogP contribution >= 0.6 is 0 Å². The van der Waals surface area contributed by atoms with Crippen molar-refractivity contribution in [3.8, 4) is 0 Å². The van der Waals surface area contributed by atoms with Gasteiger partial charge in [0.05, 0.1) is 6.54 Å². The first kappa shape index (κ1) is 22.8. The number of rotatable bonds is 5. The molecule has 1 aliphatic heterocycles. The van der Waals surface area contributed by atoms with Gasteiger partial charge in [0.2, 0.25) is 5.91 Å². The van der Waals surface area contributed by atoms with E-state index in [2.05, 4.69) is 24.0 Å². The average molecular weight is 427 g/mol. The molecule has 0 saturated carbocycles. The molecule has 0 N–H and O–H groups in total. The maximum atomic E-state index is 13.4. The predicted octanol–water partition coefficient (Wildman–Crippen LogP) is 4.12. The summed E-state index contributed by atoms with van der Waals surface area (Å²) in [4.78, 5) is 34.1. The van der Waals surface area contributed by atoms with Crippen LogP contribution in [0.2, 0.25) is 0 Å². The third kappa shape index (κ3) is 5.66. The molecule has 7 nitrogen and oxygen atoms in total. The van der Waals surface area contributed by atoms with Crippen LogP contribution in [0.15, 0.2) is 42.7 Å². The molecule has 0 radical (unpaired) electrons. The summed E-state index contributed by atoms with van der Waals surface area (Å²) in [6, 6.07) is 9.88. The molecule has 1 saturated heterocycles. The lowest BCUT2D eigenvalue weighted by atomic mass is 9.92. The van der Waals surface area contributed by atoms with Crippen LogP contribution in [0.1, 0.15) is 63.9 Å². The van der Waals surface area contributed by atoms with E-state index < -0.39 is 5.60 Å². The van der Waals surface area contributed by atoms with Crippen molar-refractivity contribution < 1.29 is 14.3 Å². The fourth-order valence-corrected chi connectivity index (χ4v) is 4.04. The van der Waals surface area contributed by atoms with E-state index in [1.54, 1.807) is 11.1 Å². The average Bonchev–Trinajstić information content (AvgIpc) is 3.16. The Morgan fingerprint density at radius 3 is 2.48 bits per heavy atom. The quantitative estimate of drug-likeness (QED) is 0.721. The second-order valence-corrected chi connectivity index (χ2v) is 9.15. The molecular weight excluding hydrogens is 392 g/mol. The summed E-state index contributed by atoms with van der Waals surface area (Å²) in [6.45, 7) is 8.96. The maximum absolute atomic E-state index is 13.4. The van der Waals surface area contributed by atoms with Crippen LogP contribution in [0.25, 0.3) is 0 Å². The highest BCUT2D eigenvalue weighted by Gasteiger charge is 2.37. The van der Waals surface area contributed by atoms with Gasteiger partial charge in [-0.25, -0.2) is 9.78 Å². The number of aromatic nitrogens is 2. The molecule has 1 aliphatic rings. The van der Waals surface area contributed by atoms with Crippen LogP contribution in [0.5, 0.6) is 0 Å². The van der Waals surface area contributed by atoms with Crippen molar-refractivity contribution in [1.29, 1.82) is 0 Å². The number of imidazole rings is 1. The van der Waals surface area contributed by atoms with Gasteiger partial charge in [-0.05, 0) is 38.7 Å². The molecule has 1 fully saturated rings. The van der Waals surface area contributed by atoms with Gasteiger partial charge in [-0.15, -0.1) is 0 Å². The number of piperazine rings is 1. The molecule has 7 heteroatoms. The van der Waals surface area contributed by atoms with Gasteiger partial charge in [0.25, 0.3) is 0 Å². The number of ether oxygens (including phenoxy) is 1. The van der Waals surface area contributed by atoms with E-state index in [-0.39, 0.29) is 24.0 Å². The van der Waals surface area contributed by atoms with Crippen LogP contribution in [-0.4, -0.2) is 56.6 Å². The molecule has 2 atom stereocenters. The molecule has 0 spiro atoms. The maximum Gasteiger partial charge on any atom is 0.410 e. The number of carbonyl (C=O) groups is 2. The Bertz CT molecular complexity index is 888. The first-order valence-electron chi connectivity index (χ1n) is 11.0. The topological polar surface area (TPSA) is 67.7 Å². The number of amides is 2. The third-order valence-electron chi connectivity index (χ3n) is 5.69. The first-order valence-corrected chi connectivity index (χ1v) is 11.0. The normalized spacial score (nSPS) is 18.0. The number of hydrogen-bond acceptors (Lipinski definition) is 4. The van der Waals surface area contributed by atoms with Gasteiger partial charge in [-0.1, -0.05) is 37.3 Å². The van der Waals surface area contributed by atoms with Crippen molar-refractivity contribution in [2.24, 2.45) is 7.05 Å². The van der Waals surface area contributed by atoms with E-state index in [0.29, 0.717) is 26.1 Å². The van der Waals surface area contributed by atoms with Gasteiger partial charge in [-0.2, -0.15) is 0 Å². The Labute approximate surface area is 185 Å². The Balaban J connectivity index is 1.79. The zero-order valence-corrected chi connectivity index (χ0v) is 19.2. The van der Waals surface area contributed by atoms with E-state index >= 15 is 0 Å². The van der Waals surface area contributed by atoms with Crippen molar-refractivity contribution in [1.82, 2.24) is 19.4 Å². The number of hydrogen-bond donors (Lipinski definition) is 0. The molecule has 2 aromatic rings. The highest BCUT2D eigenvalue weighted by Crippen LogP contribution is 2.30. The van der Waals surface area contributed by atoms with Crippen LogP contribution in [0, 0.1) is 0 Å². The number of aryl methyl sites for hydroxylation is 1. The van der Waals surface area contributed by atoms with Gasteiger partial charge in [0.15, 0.2) is 0 Å². The lowest BCUT2D eigenvalue weighted by Crippen LogP contribution is -2.53. The van der Waals surface area contributed by atoms with E-state index in [9.17, 15) is 9.59 Å². The molecule has 1 aromatic heterocycles. The summed E-state index contributed by atoms with van der Waals surface area (Å²) in [5.41, 5.74) is 0.617. The molecule has 0 aliphatic carbocycles. The Morgan fingerprint density at radius 1 is 1.19 bits per heavy atom. The van der Waals surface area contributed by atoms with E-state index in [1.165, 1.54) is 5.56 Å². The van der Waals surface area contributed by atoms with Gasteiger partial charge in [0, 0.05) is 39.0 Å². The lowest BCUT2D eigenvalue weighted by molar-refractivity contribution is -0.137.